The van der Waals surface area contributed by atoms with Crippen molar-refractivity contribution >= 4 is 11.8 Å². The van der Waals surface area contributed by atoms with Crippen LogP contribution in [0.25, 0.3) is 0 Å². The van der Waals surface area contributed by atoms with Crippen LogP contribution in [0.15, 0.2) is 12.3 Å². The van der Waals surface area contributed by atoms with Crippen LogP contribution in [0, 0.1) is 6.92 Å². The van der Waals surface area contributed by atoms with Crippen molar-refractivity contribution in [2.24, 2.45) is 0 Å². The highest BCUT2D eigenvalue weighted by atomic mass is 16.4. The number of pyridine rings is 1. The molecule has 0 aliphatic rings. The van der Waals surface area contributed by atoms with Gasteiger partial charge in [0.2, 0.25) is 0 Å². The number of aryl methyl sites for hydroxylation is 1. The molecule has 106 valence electrons. The van der Waals surface area contributed by atoms with Crippen LogP contribution >= 0.6 is 0 Å². The van der Waals surface area contributed by atoms with Gasteiger partial charge >= 0.3 is 5.97 Å². The summed E-state index contributed by atoms with van der Waals surface area (Å²) in [6.07, 6.45) is 7.12. The predicted octanol–water partition coefficient (Wildman–Crippen LogP) is 3.86. The maximum absolute atomic E-state index is 11.3. The van der Waals surface area contributed by atoms with E-state index in [2.05, 4.69) is 24.1 Å². The summed E-state index contributed by atoms with van der Waals surface area (Å²) in [6.45, 7) is 6.11. The Labute approximate surface area is 115 Å². The molecule has 0 aromatic carbocycles. The van der Waals surface area contributed by atoms with Crippen LogP contribution in [0.3, 0.4) is 0 Å². The molecule has 0 amide bonds. The van der Waals surface area contributed by atoms with Crippen LogP contribution in [-0.2, 0) is 0 Å². The maximum Gasteiger partial charge on any atom is 0.339 e. The lowest BCUT2D eigenvalue weighted by Crippen LogP contribution is -2.22. The second-order valence-electron chi connectivity index (χ2n) is 4.93. The number of aromatic nitrogens is 1. The van der Waals surface area contributed by atoms with Gasteiger partial charge in [0.25, 0.3) is 0 Å². The first-order valence-corrected chi connectivity index (χ1v) is 7.05. The summed E-state index contributed by atoms with van der Waals surface area (Å²) in [6, 6.07) is 2.03. The van der Waals surface area contributed by atoms with E-state index in [0.717, 1.165) is 37.7 Å². The Balaban J connectivity index is 2.89. The monoisotopic (exact) mass is 264 g/mol. The summed E-state index contributed by atoms with van der Waals surface area (Å²) in [4.78, 5) is 15.5. The lowest BCUT2D eigenvalue weighted by Gasteiger charge is -2.20. The highest BCUT2D eigenvalue weighted by Gasteiger charge is 2.17. The van der Waals surface area contributed by atoms with Crippen LogP contribution in [0.2, 0.25) is 0 Å². The predicted molar refractivity (Wildman–Crippen MR) is 77.8 cm³/mol. The summed E-state index contributed by atoms with van der Waals surface area (Å²) in [5.74, 6) is -0.416. The molecule has 1 aromatic heterocycles. The molecule has 0 spiro atoms. The molecule has 1 aromatic rings. The van der Waals surface area contributed by atoms with Crippen molar-refractivity contribution in [1.82, 2.24) is 4.98 Å². The number of carbonyl (C=O) groups is 1. The van der Waals surface area contributed by atoms with Gasteiger partial charge in [0.05, 0.1) is 0 Å². The van der Waals surface area contributed by atoms with Gasteiger partial charge in [-0.1, -0.05) is 33.1 Å². The first-order valence-electron chi connectivity index (χ1n) is 7.05. The maximum atomic E-state index is 11.3. The molecule has 0 saturated carbocycles. The second kappa shape index (κ2) is 7.77. The molecular weight excluding hydrogens is 240 g/mol. The average molecular weight is 264 g/mol. The van der Waals surface area contributed by atoms with Crippen molar-refractivity contribution in [2.75, 3.05) is 5.32 Å². The van der Waals surface area contributed by atoms with Gasteiger partial charge in [-0.05, 0) is 31.4 Å². The fraction of sp³-hybridized carbons (Fsp3) is 0.600. The molecule has 0 fully saturated rings. The molecule has 2 N–H and O–H groups in total. The Kier molecular flexibility index (Phi) is 6.33. The molecule has 0 aliphatic heterocycles. The smallest absolute Gasteiger partial charge is 0.339 e. The molecule has 0 aliphatic carbocycles. The average Bonchev–Trinajstić information content (AvgIpc) is 2.35. The SMILES string of the molecule is CCCCC(CCC)Nc1nccc(C)c1C(=O)O. The minimum absolute atomic E-state index is 0.292. The number of nitrogens with one attached hydrogen (secondary N) is 1. The Bertz CT molecular complexity index is 419. The van der Waals surface area contributed by atoms with E-state index in [4.69, 9.17) is 0 Å². The van der Waals surface area contributed by atoms with E-state index in [1.54, 1.807) is 19.2 Å². The molecule has 19 heavy (non-hydrogen) atoms. The van der Waals surface area contributed by atoms with Crippen molar-refractivity contribution in [1.29, 1.82) is 0 Å². The number of nitrogens with zero attached hydrogens (tertiary/aromatic N) is 1. The van der Waals surface area contributed by atoms with Crippen LogP contribution in [0.5, 0.6) is 0 Å². The van der Waals surface area contributed by atoms with Gasteiger partial charge in [-0.2, -0.15) is 0 Å². The molecular formula is C15H24N2O2. The van der Waals surface area contributed by atoms with Crippen LogP contribution < -0.4 is 5.32 Å². The van der Waals surface area contributed by atoms with Gasteiger partial charge in [0, 0.05) is 12.2 Å². The number of hydrogen-bond donors (Lipinski definition) is 2. The number of carboxylic acid groups (broad SMARTS) is 1. The van der Waals surface area contributed by atoms with E-state index >= 15 is 0 Å². The number of unbranched alkanes of at least 4 members (excludes halogenated alkanes) is 1. The molecule has 0 bridgehead atoms. The number of hydrogen-bond acceptors (Lipinski definition) is 3. The van der Waals surface area contributed by atoms with Crippen LogP contribution in [-0.4, -0.2) is 22.1 Å². The van der Waals surface area contributed by atoms with Crippen molar-refractivity contribution in [2.45, 2.75) is 58.9 Å². The number of aromatic carboxylic acids is 1. The molecule has 4 nitrogen and oxygen atoms in total. The highest BCUT2D eigenvalue weighted by Crippen LogP contribution is 2.20. The Morgan fingerprint density at radius 3 is 2.68 bits per heavy atom. The molecule has 0 saturated heterocycles. The van der Waals surface area contributed by atoms with Crippen molar-refractivity contribution in [3.8, 4) is 0 Å². The third-order valence-corrected chi connectivity index (χ3v) is 3.26. The molecule has 1 heterocycles. The summed E-state index contributed by atoms with van der Waals surface area (Å²) in [5, 5.41) is 12.6. The first kappa shape index (κ1) is 15.5. The van der Waals surface area contributed by atoms with Crippen LogP contribution in [0.1, 0.15) is 61.9 Å². The molecule has 1 atom stereocenters. The molecule has 1 unspecified atom stereocenters. The Morgan fingerprint density at radius 1 is 1.37 bits per heavy atom. The summed E-state index contributed by atoms with van der Waals surface area (Å²) in [5.41, 5.74) is 1.04. The largest absolute Gasteiger partial charge is 0.478 e. The highest BCUT2D eigenvalue weighted by molar-refractivity contribution is 5.94. The molecule has 1 rings (SSSR count). The first-order chi connectivity index (χ1) is 9.10. The third kappa shape index (κ3) is 4.54. The third-order valence-electron chi connectivity index (χ3n) is 3.26. The normalized spacial score (nSPS) is 12.2. The number of rotatable bonds is 8. The van der Waals surface area contributed by atoms with Crippen molar-refractivity contribution in [3.05, 3.63) is 23.4 Å². The van der Waals surface area contributed by atoms with E-state index in [9.17, 15) is 9.90 Å². The Hall–Kier alpha value is -1.58. The molecule has 4 heteroatoms. The van der Waals surface area contributed by atoms with E-state index in [1.165, 1.54) is 0 Å². The topological polar surface area (TPSA) is 62.2 Å². The van der Waals surface area contributed by atoms with Gasteiger partial charge < -0.3 is 10.4 Å². The standard InChI is InChI=1S/C15H24N2O2/c1-4-6-8-12(7-5-2)17-14-13(15(18)19)11(3)9-10-16-14/h9-10,12H,4-8H2,1-3H3,(H,16,17)(H,18,19). The minimum atomic E-state index is -0.918. The van der Waals surface area contributed by atoms with Gasteiger partial charge in [0.15, 0.2) is 0 Å². The molecule has 0 radical (unpaired) electrons. The van der Waals surface area contributed by atoms with E-state index < -0.39 is 5.97 Å². The van der Waals surface area contributed by atoms with E-state index in [1.807, 2.05) is 0 Å². The van der Waals surface area contributed by atoms with Gasteiger partial charge in [-0.3, -0.25) is 0 Å². The number of carboxylic acids is 1. The van der Waals surface area contributed by atoms with Crippen molar-refractivity contribution < 1.29 is 9.90 Å². The summed E-state index contributed by atoms with van der Waals surface area (Å²) in [7, 11) is 0. The van der Waals surface area contributed by atoms with Gasteiger partial charge in [0.1, 0.15) is 11.4 Å². The van der Waals surface area contributed by atoms with Gasteiger partial charge in [-0.15, -0.1) is 0 Å². The quantitative estimate of drug-likeness (QED) is 0.748. The minimum Gasteiger partial charge on any atom is -0.478 e. The lowest BCUT2D eigenvalue weighted by molar-refractivity contribution is 0.0696. The van der Waals surface area contributed by atoms with E-state index in [0.29, 0.717) is 17.4 Å². The lowest BCUT2D eigenvalue weighted by atomic mass is 10.0. The zero-order valence-corrected chi connectivity index (χ0v) is 12.1. The fourth-order valence-electron chi connectivity index (χ4n) is 2.22. The van der Waals surface area contributed by atoms with Crippen molar-refractivity contribution in [3.63, 3.8) is 0 Å². The van der Waals surface area contributed by atoms with Crippen LogP contribution in [0.4, 0.5) is 5.82 Å². The fourth-order valence-corrected chi connectivity index (χ4v) is 2.22. The Morgan fingerprint density at radius 2 is 2.11 bits per heavy atom. The number of anilines is 1. The summed E-state index contributed by atoms with van der Waals surface area (Å²) >= 11 is 0. The summed E-state index contributed by atoms with van der Waals surface area (Å²) < 4.78 is 0. The zero-order valence-electron chi connectivity index (χ0n) is 12.1. The zero-order chi connectivity index (χ0) is 14.3. The van der Waals surface area contributed by atoms with Gasteiger partial charge in [-0.25, -0.2) is 9.78 Å². The van der Waals surface area contributed by atoms with E-state index in [-0.39, 0.29) is 0 Å². The second-order valence-corrected chi connectivity index (χ2v) is 4.93.